The highest BCUT2D eigenvalue weighted by atomic mass is 16.5. The lowest BCUT2D eigenvalue weighted by Crippen LogP contribution is -2.40. The molecule has 3 aromatic rings. The van der Waals surface area contributed by atoms with Gasteiger partial charge in [0.15, 0.2) is 5.82 Å². The minimum absolute atomic E-state index is 0.0443. The summed E-state index contributed by atoms with van der Waals surface area (Å²) in [5, 5.41) is 13.1. The lowest BCUT2D eigenvalue weighted by atomic mass is 10.1. The Morgan fingerprint density at radius 2 is 1.85 bits per heavy atom. The molecule has 208 valence electrons. The molecular formula is C29H33N7O4. The summed E-state index contributed by atoms with van der Waals surface area (Å²) in [5.74, 6) is 1.42. The first kappa shape index (κ1) is 26.0. The van der Waals surface area contributed by atoms with Gasteiger partial charge in [0.05, 0.1) is 37.0 Å². The minimum Gasteiger partial charge on any atom is -0.393 e. The number of likely N-dealkylation sites (tertiary alicyclic amines) is 1. The highest BCUT2D eigenvalue weighted by Gasteiger charge is 2.23. The van der Waals surface area contributed by atoms with Gasteiger partial charge in [0, 0.05) is 56.7 Å². The number of carbonyl (C=O) groups excluding carboxylic acids is 2. The van der Waals surface area contributed by atoms with Crippen molar-refractivity contribution in [3.63, 3.8) is 0 Å². The van der Waals surface area contributed by atoms with Gasteiger partial charge >= 0.3 is 0 Å². The summed E-state index contributed by atoms with van der Waals surface area (Å²) in [6.07, 6.45) is 8.55. The van der Waals surface area contributed by atoms with Crippen molar-refractivity contribution in [1.29, 1.82) is 0 Å². The van der Waals surface area contributed by atoms with Gasteiger partial charge in [-0.1, -0.05) is 12.1 Å². The summed E-state index contributed by atoms with van der Waals surface area (Å²) in [6, 6.07) is 11.6. The average Bonchev–Trinajstić information content (AvgIpc) is 3.47. The summed E-state index contributed by atoms with van der Waals surface area (Å²) in [6.45, 7) is 4.05. The van der Waals surface area contributed by atoms with E-state index in [1.165, 1.54) is 0 Å². The Morgan fingerprint density at radius 3 is 2.62 bits per heavy atom. The van der Waals surface area contributed by atoms with Crippen LogP contribution in [0.1, 0.15) is 34.6 Å². The molecule has 11 heteroatoms. The average molecular weight is 544 g/mol. The molecule has 6 rings (SSSR count). The lowest BCUT2D eigenvalue weighted by Gasteiger charge is -2.30. The number of nitrogens with zero attached hydrogens (tertiary/aromatic N) is 6. The molecular weight excluding hydrogens is 510 g/mol. The number of anilines is 2. The Hall–Kier alpha value is -4.22. The van der Waals surface area contributed by atoms with Crippen LogP contribution in [0, 0.1) is 0 Å². The van der Waals surface area contributed by atoms with E-state index in [0.29, 0.717) is 76.7 Å². The number of piperidine rings is 1. The van der Waals surface area contributed by atoms with E-state index >= 15 is 0 Å². The largest absolute Gasteiger partial charge is 0.393 e. The molecule has 0 spiro atoms. The molecule has 11 nitrogen and oxygen atoms in total. The number of fused-ring (bicyclic) bond motifs is 1. The van der Waals surface area contributed by atoms with Crippen molar-refractivity contribution >= 4 is 29.0 Å². The number of imidazole rings is 1. The van der Waals surface area contributed by atoms with E-state index in [9.17, 15) is 14.7 Å². The van der Waals surface area contributed by atoms with Crippen molar-refractivity contribution in [1.82, 2.24) is 24.3 Å². The van der Waals surface area contributed by atoms with Crippen molar-refractivity contribution in [2.45, 2.75) is 32.0 Å². The van der Waals surface area contributed by atoms with E-state index in [-0.39, 0.29) is 17.9 Å². The predicted molar refractivity (Wildman–Crippen MR) is 149 cm³/mol. The first-order valence-electron chi connectivity index (χ1n) is 13.7. The third-order valence-electron chi connectivity index (χ3n) is 7.53. The van der Waals surface area contributed by atoms with Gasteiger partial charge in [-0.25, -0.2) is 9.97 Å². The first-order valence-corrected chi connectivity index (χ1v) is 13.7. The number of aliphatic hydroxyl groups excluding tert-OH is 1. The molecule has 1 aromatic carbocycles. The number of benzene rings is 1. The second kappa shape index (κ2) is 11.5. The Bertz CT molecular complexity index is 1390. The number of nitrogens with one attached hydrogen (secondary N) is 1. The number of pyridine rings is 1. The second-order valence-electron chi connectivity index (χ2n) is 10.3. The number of hydrogen-bond donors (Lipinski definition) is 2. The fourth-order valence-electron chi connectivity index (χ4n) is 5.26. The summed E-state index contributed by atoms with van der Waals surface area (Å²) < 4.78 is 7.38. The molecule has 2 fully saturated rings. The van der Waals surface area contributed by atoms with Gasteiger partial charge in [-0.2, -0.15) is 0 Å². The van der Waals surface area contributed by atoms with Gasteiger partial charge in [0.1, 0.15) is 12.5 Å². The van der Waals surface area contributed by atoms with Crippen LogP contribution in [0.4, 0.5) is 11.5 Å². The molecule has 0 atom stereocenters. The van der Waals surface area contributed by atoms with E-state index in [0.717, 1.165) is 22.8 Å². The monoisotopic (exact) mass is 543 g/mol. The Morgan fingerprint density at radius 1 is 1.02 bits per heavy atom. The Labute approximate surface area is 232 Å². The van der Waals surface area contributed by atoms with Gasteiger partial charge in [-0.15, -0.1) is 0 Å². The van der Waals surface area contributed by atoms with Crippen molar-refractivity contribution in [2.24, 2.45) is 0 Å². The van der Waals surface area contributed by atoms with Crippen molar-refractivity contribution in [3.8, 4) is 0 Å². The van der Waals surface area contributed by atoms with Crippen LogP contribution in [-0.4, -0.2) is 86.8 Å². The summed E-state index contributed by atoms with van der Waals surface area (Å²) in [4.78, 5) is 40.4. The maximum atomic E-state index is 12.9. The van der Waals surface area contributed by atoms with Gasteiger partial charge in [0.25, 0.3) is 5.91 Å². The molecule has 0 radical (unpaired) electrons. The lowest BCUT2D eigenvalue weighted by molar-refractivity contribution is -0.132. The highest BCUT2D eigenvalue weighted by molar-refractivity contribution is 5.94. The van der Waals surface area contributed by atoms with Crippen LogP contribution in [0.5, 0.6) is 0 Å². The van der Waals surface area contributed by atoms with Crippen LogP contribution in [-0.2, 0) is 22.6 Å². The van der Waals surface area contributed by atoms with Crippen molar-refractivity contribution < 1.29 is 19.4 Å². The van der Waals surface area contributed by atoms with E-state index < -0.39 is 0 Å². The molecule has 2 saturated heterocycles. The Kier molecular flexibility index (Phi) is 7.47. The number of hydrogen-bond acceptors (Lipinski definition) is 8. The predicted octanol–water partition coefficient (Wildman–Crippen LogP) is 2.16. The van der Waals surface area contributed by atoms with Crippen LogP contribution < -0.4 is 10.2 Å². The minimum atomic E-state index is -0.306. The molecule has 0 bridgehead atoms. The SMILES string of the molecule is O=C(Cc1cccc(N2C=C(Nc3ccc(C(=O)N4CCOCC4)cn3)c3nccn3C2)c1)N1CCC(O)CC1. The number of carbonyl (C=O) groups is 2. The normalized spacial score (nSPS) is 17.8. The summed E-state index contributed by atoms with van der Waals surface area (Å²) in [5.41, 5.74) is 3.21. The molecule has 2 aromatic heterocycles. The van der Waals surface area contributed by atoms with Crippen LogP contribution in [0.3, 0.4) is 0 Å². The van der Waals surface area contributed by atoms with Gasteiger partial charge in [-0.05, 0) is 42.7 Å². The molecule has 2 N–H and O–H groups in total. The topological polar surface area (TPSA) is 116 Å². The zero-order valence-electron chi connectivity index (χ0n) is 22.3. The molecule has 40 heavy (non-hydrogen) atoms. The number of amides is 2. The second-order valence-corrected chi connectivity index (χ2v) is 10.3. The highest BCUT2D eigenvalue weighted by Crippen LogP contribution is 2.27. The number of ether oxygens (including phenoxy) is 1. The van der Waals surface area contributed by atoms with E-state index in [4.69, 9.17) is 4.74 Å². The zero-order valence-corrected chi connectivity index (χ0v) is 22.3. The van der Waals surface area contributed by atoms with Crippen LogP contribution in [0.2, 0.25) is 0 Å². The molecule has 2 amide bonds. The first-order chi connectivity index (χ1) is 19.5. The molecule has 0 aliphatic carbocycles. The smallest absolute Gasteiger partial charge is 0.255 e. The van der Waals surface area contributed by atoms with E-state index in [1.807, 2.05) is 46.1 Å². The van der Waals surface area contributed by atoms with Crippen LogP contribution in [0.25, 0.3) is 5.70 Å². The maximum Gasteiger partial charge on any atom is 0.255 e. The number of aromatic nitrogens is 3. The number of morpholine rings is 1. The third-order valence-corrected chi connectivity index (χ3v) is 7.53. The zero-order chi connectivity index (χ0) is 27.5. The van der Waals surface area contributed by atoms with Crippen LogP contribution >= 0.6 is 0 Å². The fraction of sp³-hybridized carbons (Fsp3) is 0.379. The van der Waals surface area contributed by atoms with E-state index in [2.05, 4.69) is 20.2 Å². The maximum absolute atomic E-state index is 12.9. The molecule has 0 saturated carbocycles. The molecule has 3 aliphatic rings. The number of rotatable bonds is 6. The fourth-order valence-corrected chi connectivity index (χ4v) is 5.26. The summed E-state index contributed by atoms with van der Waals surface area (Å²) >= 11 is 0. The molecule has 3 aliphatic heterocycles. The van der Waals surface area contributed by atoms with Crippen molar-refractivity contribution in [2.75, 3.05) is 49.6 Å². The molecule has 5 heterocycles. The van der Waals surface area contributed by atoms with Gasteiger partial charge in [0.2, 0.25) is 5.91 Å². The van der Waals surface area contributed by atoms with Crippen LogP contribution in [0.15, 0.2) is 61.2 Å². The van der Waals surface area contributed by atoms with Gasteiger partial charge in [-0.3, -0.25) is 9.59 Å². The molecule has 0 unspecified atom stereocenters. The van der Waals surface area contributed by atoms with E-state index in [1.54, 1.807) is 29.4 Å². The Balaban J connectivity index is 1.17. The standard InChI is InChI=1S/C29H33N7O4/c37-24-6-9-33(10-7-24)27(38)17-21-2-1-3-23(16-21)36-19-25(28-30-8-11-35(28)20-36)32-26-5-4-22(18-31-26)29(39)34-12-14-40-15-13-34/h1-5,8,11,16,18-19,24,37H,6-7,9-10,12-15,17,20H2,(H,31,32). The quantitative estimate of drug-likeness (QED) is 0.486. The summed E-state index contributed by atoms with van der Waals surface area (Å²) in [7, 11) is 0. The van der Waals surface area contributed by atoms with Gasteiger partial charge < -0.3 is 34.4 Å². The third kappa shape index (κ3) is 5.70. The van der Waals surface area contributed by atoms with Crippen molar-refractivity contribution in [3.05, 3.63) is 78.1 Å². The number of aliphatic hydroxyl groups is 1.